The molecule has 0 spiro atoms. The number of halogens is 2. The number of carbonyl (C=O) groups is 1. The Morgan fingerprint density at radius 1 is 1.29 bits per heavy atom. The standard InChI is InChI=1S/C13H14F2O2/c14-11-4-3-10(7-12(11)15)13(16)8-17-6-5-9-1-2-9/h3-4,7,9H,1-2,5-6,8H2. The van der Waals surface area contributed by atoms with Crippen molar-refractivity contribution in [2.75, 3.05) is 13.2 Å². The van der Waals surface area contributed by atoms with Gasteiger partial charge < -0.3 is 4.74 Å². The molecule has 92 valence electrons. The number of carbonyl (C=O) groups excluding carboxylic acids is 1. The largest absolute Gasteiger partial charge is 0.373 e. The maximum atomic E-state index is 12.9. The summed E-state index contributed by atoms with van der Waals surface area (Å²) in [6.45, 7) is 0.484. The number of ether oxygens (including phenoxy) is 1. The molecule has 0 saturated heterocycles. The Labute approximate surface area is 98.6 Å². The van der Waals surface area contributed by atoms with Crippen LogP contribution in [0.25, 0.3) is 0 Å². The lowest BCUT2D eigenvalue weighted by Gasteiger charge is -2.03. The van der Waals surface area contributed by atoms with Gasteiger partial charge in [0.2, 0.25) is 0 Å². The summed E-state index contributed by atoms with van der Waals surface area (Å²) in [7, 11) is 0. The Hall–Kier alpha value is -1.29. The molecule has 0 aromatic heterocycles. The van der Waals surface area contributed by atoms with Gasteiger partial charge in [-0.15, -0.1) is 0 Å². The van der Waals surface area contributed by atoms with E-state index in [1.165, 1.54) is 18.9 Å². The molecule has 0 heterocycles. The molecule has 0 atom stereocenters. The number of ketones is 1. The van der Waals surface area contributed by atoms with Gasteiger partial charge in [0.25, 0.3) is 0 Å². The summed E-state index contributed by atoms with van der Waals surface area (Å²) < 4.78 is 30.7. The minimum atomic E-state index is -1.01. The number of hydrogen-bond acceptors (Lipinski definition) is 2. The first kappa shape index (κ1) is 12.2. The third-order valence-corrected chi connectivity index (χ3v) is 2.84. The summed E-state index contributed by atoms with van der Waals surface area (Å²) in [5.74, 6) is -1.52. The van der Waals surface area contributed by atoms with Crippen molar-refractivity contribution in [3.63, 3.8) is 0 Å². The van der Waals surface area contributed by atoms with Crippen LogP contribution in [0, 0.1) is 17.6 Å². The number of Topliss-reactive ketones (excluding diaryl/α,β-unsaturated/α-hetero) is 1. The molecule has 0 unspecified atom stereocenters. The van der Waals surface area contributed by atoms with Crippen LogP contribution in [0.2, 0.25) is 0 Å². The van der Waals surface area contributed by atoms with Crippen molar-refractivity contribution < 1.29 is 18.3 Å². The molecule has 2 rings (SSSR count). The highest BCUT2D eigenvalue weighted by Gasteiger charge is 2.20. The molecule has 0 N–H and O–H groups in total. The van der Waals surface area contributed by atoms with E-state index in [4.69, 9.17) is 4.74 Å². The third kappa shape index (κ3) is 3.60. The molecule has 17 heavy (non-hydrogen) atoms. The van der Waals surface area contributed by atoms with Crippen LogP contribution in [0.1, 0.15) is 29.6 Å². The molecular weight excluding hydrogens is 226 g/mol. The van der Waals surface area contributed by atoms with Gasteiger partial charge in [-0.05, 0) is 30.5 Å². The Kier molecular flexibility index (Phi) is 3.84. The highest BCUT2D eigenvalue weighted by molar-refractivity contribution is 5.97. The maximum Gasteiger partial charge on any atom is 0.188 e. The lowest BCUT2D eigenvalue weighted by atomic mass is 10.1. The maximum absolute atomic E-state index is 12.9. The first-order valence-corrected chi connectivity index (χ1v) is 5.73. The quantitative estimate of drug-likeness (QED) is 0.564. The fourth-order valence-corrected chi connectivity index (χ4v) is 1.57. The summed E-state index contributed by atoms with van der Waals surface area (Å²) >= 11 is 0. The highest BCUT2D eigenvalue weighted by atomic mass is 19.2. The SMILES string of the molecule is O=C(COCCC1CC1)c1ccc(F)c(F)c1. The molecule has 4 heteroatoms. The van der Waals surface area contributed by atoms with Crippen molar-refractivity contribution in [1.29, 1.82) is 0 Å². The summed E-state index contributed by atoms with van der Waals surface area (Å²) in [6, 6.07) is 3.12. The second kappa shape index (κ2) is 5.36. The molecule has 0 amide bonds. The summed E-state index contributed by atoms with van der Waals surface area (Å²) in [6.07, 6.45) is 3.48. The molecule has 1 aromatic carbocycles. The lowest BCUT2D eigenvalue weighted by molar-refractivity contribution is 0.0748. The monoisotopic (exact) mass is 240 g/mol. The molecular formula is C13H14F2O2. The molecule has 1 aromatic rings. The zero-order valence-corrected chi connectivity index (χ0v) is 9.42. The van der Waals surface area contributed by atoms with E-state index >= 15 is 0 Å². The predicted molar refractivity (Wildman–Crippen MR) is 58.8 cm³/mol. The summed E-state index contributed by atoms with van der Waals surface area (Å²) in [5.41, 5.74) is 0.148. The molecule has 0 radical (unpaired) electrons. The van der Waals surface area contributed by atoms with Gasteiger partial charge in [-0.1, -0.05) is 12.8 Å². The van der Waals surface area contributed by atoms with Crippen LogP contribution < -0.4 is 0 Å². The van der Waals surface area contributed by atoms with Crippen LogP contribution in [0.4, 0.5) is 8.78 Å². The van der Waals surface area contributed by atoms with E-state index in [2.05, 4.69) is 0 Å². The fraction of sp³-hybridized carbons (Fsp3) is 0.462. The van der Waals surface area contributed by atoms with Gasteiger partial charge >= 0.3 is 0 Å². The second-order valence-electron chi connectivity index (χ2n) is 4.34. The van der Waals surface area contributed by atoms with Crippen LogP contribution in [0.3, 0.4) is 0 Å². The van der Waals surface area contributed by atoms with Crippen molar-refractivity contribution in [3.05, 3.63) is 35.4 Å². The van der Waals surface area contributed by atoms with Crippen molar-refractivity contribution in [2.24, 2.45) is 5.92 Å². The van der Waals surface area contributed by atoms with Crippen molar-refractivity contribution in [1.82, 2.24) is 0 Å². The van der Waals surface area contributed by atoms with Crippen LogP contribution in [0.5, 0.6) is 0 Å². The average molecular weight is 240 g/mol. The predicted octanol–water partition coefficient (Wildman–Crippen LogP) is 2.96. The van der Waals surface area contributed by atoms with E-state index in [9.17, 15) is 13.6 Å². The first-order valence-electron chi connectivity index (χ1n) is 5.73. The second-order valence-corrected chi connectivity index (χ2v) is 4.34. The normalized spacial score (nSPS) is 14.9. The summed E-state index contributed by atoms with van der Waals surface area (Å²) in [5, 5.41) is 0. The molecule has 1 fully saturated rings. The smallest absolute Gasteiger partial charge is 0.188 e. The van der Waals surface area contributed by atoms with E-state index < -0.39 is 11.6 Å². The van der Waals surface area contributed by atoms with Gasteiger partial charge in [0.15, 0.2) is 17.4 Å². The average Bonchev–Trinajstić information content (AvgIpc) is 3.12. The third-order valence-electron chi connectivity index (χ3n) is 2.84. The van der Waals surface area contributed by atoms with E-state index in [-0.39, 0.29) is 18.0 Å². The Bertz CT molecular complexity index is 414. The van der Waals surface area contributed by atoms with Gasteiger partial charge in [-0.25, -0.2) is 8.78 Å². The van der Waals surface area contributed by atoms with Crippen LogP contribution in [0.15, 0.2) is 18.2 Å². The zero-order valence-electron chi connectivity index (χ0n) is 9.42. The van der Waals surface area contributed by atoms with Gasteiger partial charge in [0.1, 0.15) is 6.61 Å². The molecule has 0 bridgehead atoms. The van der Waals surface area contributed by atoms with E-state index in [0.29, 0.717) is 6.61 Å². The van der Waals surface area contributed by atoms with Crippen LogP contribution in [-0.4, -0.2) is 19.0 Å². The van der Waals surface area contributed by atoms with Crippen molar-refractivity contribution in [2.45, 2.75) is 19.3 Å². The number of benzene rings is 1. The summed E-state index contributed by atoms with van der Waals surface area (Å²) in [4.78, 5) is 11.6. The Morgan fingerprint density at radius 3 is 2.71 bits per heavy atom. The molecule has 2 nitrogen and oxygen atoms in total. The fourth-order valence-electron chi connectivity index (χ4n) is 1.57. The van der Waals surface area contributed by atoms with E-state index in [0.717, 1.165) is 24.5 Å². The lowest BCUT2D eigenvalue weighted by Crippen LogP contribution is -2.10. The molecule has 1 saturated carbocycles. The highest BCUT2D eigenvalue weighted by Crippen LogP contribution is 2.32. The Balaban J connectivity index is 1.79. The number of rotatable bonds is 6. The van der Waals surface area contributed by atoms with Gasteiger partial charge in [-0.3, -0.25) is 4.79 Å². The van der Waals surface area contributed by atoms with Crippen LogP contribution >= 0.6 is 0 Å². The molecule has 1 aliphatic rings. The van der Waals surface area contributed by atoms with Crippen molar-refractivity contribution >= 4 is 5.78 Å². The first-order chi connectivity index (χ1) is 8.16. The Morgan fingerprint density at radius 2 is 2.06 bits per heavy atom. The topological polar surface area (TPSA) is 26.3 Å². The van der Waals surface area contributed by atoms with Gasteiger partial charge in [-0.2, -0.15) is 0 Å². The molecule has 0 aliphatic heterocycles. The van der Waals surface area contributed by atoms with Gasteiger partial charge in [0, 0.05) is 12.2 Å². The van der Waals surface area contributed by atoms with Gasteiger partial charge in [0.05, 0.1) is 0 Å². The van der Waals surface area contributed by atoms with Crippen molar-refractivity contribution in [3.8, 4) is 0 Å². The van der Waals surface area contributed by atoms with Crippen LogP contribution in [-0.2, 0) is 4.74 Å². The minimum Gasteiger partial charge on any atom is -0.373 e. The zero-order chi connectivity index (χ0) is 12.3. The van der Waals surface area contributed by atoms with E-state index in [1.54, 1.807) is 0 Å². The van der Waals surface area contributed by atoms with E-state index in [1.807, 2.05) is 0 Å². The number of hydrogen-bond donors (Lipinski definition) is 0. The minimum absolute atomic E-state index is 0.0716. The molecule has 1 aliphatic carbocycles.